The Labute approximate surface area is 109 Å². The van der Waals surface area contributed by atoms with Gasteiger partial charge in [0, 0.05) is 18.5 Å². The number of aromatic nitrogens is 2. The van der Waals surface area contributed by atoms with E-state index in [9.17, 15) is 5.11 Å². The summed E-state index contributed by atoms with van der Waals surface area (Å²) in [6.07, 6.45) is 3.65. The second kappa shape index (κ2) is 6.50. The molecule has 0 amide bonds. The first-order valence-corrected chi connectivity index (χ1v) is 6.35. The van der Waals surface area contributed by atoms with Gasteiger partial charge < -0.3 is 10.0 Å². The molecule has 0 spiro atoms. The van der Waals surface area contributed by atoms with Crippen molar-refractivity contribution in [3.8, 4) is 0 Å². The van der Waals surface area contributed by atoms with Gasteiger partial charge in [-0.15, -0.1) is 6.58 Å². The van der Waals surface area contributed by atoms with Gasteiger partial charge in [0.2, 0.25) is 0 Å². The van der Waals surface area contributed by atoms with Crippen LogP contribution in [0.4, 0.5) is 5.69 Å². The van der Waals surface area contributed by atoms with Gasteiger partial charge in [0.25, 0.3) is 0 Å². The van der Waals surface area contributed by atoms with Gasteiger partial charge in [-0.2, -0.15) is 0 Å². The van der Waals surface area contributed by atoms with Crippen LogP contribution in [0.3, 0.4) is 0 Å². The molecule has 0 radical (unpaired) electrons. The molecule has 0 saturated heterocycles. The molecule has 0 saturated carbocycles. The summed E-state index contributed by atoms with van der Waals surface area (Å²) in [5.74, 6) is 1.03. The number of aliphatic hydroxyl groups is 1. The van der Waals surface area contributed by atoms with Crippen LogP contribution in [0.5, 0.6) is 0 Å². The molecule has 1 aromatic heterocycles. The lowest BCUT2D eigenvalue weighted by Gasteiger charge is -2.29. The fourth-order valence-corrected chi connectivity index (χ4v) is 1.79. The van der Waals surface area contributed by atoms with E-state index in [1.807, 2.05) is 19.9 Å². The highest BCUT2D eigenvalue weighted by Crippen LogP contribution is 2.22. The maximum atomic E-state index is 9.48. The molecule has 18 heavy (non-hydrogen) atoms. The standard InChI is InChI=1S/C14H23N3O/c1-6-7-17(11(4)5)13-8-15-14(10(2)3)16-12(13)9-18/h6,8,10-11,18H,1,7,9H2,2-5H3. The monoisotopic (exact) mass is 249 g/mol. The summed E-state index contributed by atoms with van der Waals surface area (Å²) in [6.45, 7) is 12.7. The Hall–Kier alpha value is -1.42. The lowest BCUT2D eigenvalue weighted by molar-refractivity contribution is 0.276. The van der Waals surface area contributed by atoms with Gasteiger partial charge >= 0.3 is 0 Å². The zero-order valence-electron chi connectivity index (χ0n) is 11.7. The molecule has 0 unspecified atom stereocenters. The number of anilines is 1. The van der Waals surface area contributed by atoms with Crippen LogP contribution in [0.1, 0.15) is 45.1 Å². The van der Waals surface area contributed by atoms with E-state index < -0.39 is 0 Å². The van der Waals surface area contributed by atoms with E-state index in [1.54, 1.807) is 6.20 Å². The zero-order chi connectivity index (χ0) is 13.7. The first-order valence-electron chi connectivity index (χ1n) is 6.35. The van der Waals surface area contributed by atoms with Gasteiger partial charge in [-0.3, -0.25) is 0 Å². The van der Waals surface area contributed by atoms with E-state index in [-0.39, 0.29) is 12.5 Å². The van der Waals surface area contributed by atoms with Crippen molar-refractivity contribution in [2.75, 3.05) is 11.4 Å². The van der Waals surface area contributed by atoms with Gasteiger partial charge in [0.05, 0.1) is 24.2 Å². The minimum atomic E-state index is -0.0715. The molecule has 0 aromatic carbocycles. The molecule has 0 aliphatic heterocycles. The Kier molecular flexibility index (Phi) is 5.28. The number of aliphatic hydroxyl groups excluding tert-OH is 1. The highest BCUT2D eigenvalue weighted by molar-refractivity contribution is 5.50. The quantitative estimate of drug-likeness (QED) is 0.787. The number of nitrogens with zero attached hydrogens (tertiary/aromatic N) is 3. The normalized spacial score (nSPS) is 11.1. The van der Waals surface area contributed by atoms with Crippen molar-refractivity contribution >= 4 is 5.69 Å². The van der Waals surface area contributed by atoms with Crippen molar-refractivity contribution in [1.29, 1.82) is 0 Å². The summed E-state index contributed by atoms with van der Waals surface area (Å²) in [5, 5.41) is 9.48. The second-order valence-electron chi connectivity index (χ2n) is 4.91. The maximum Gasteiger partial charge on any atom is 0.131 e. The van der Waals surface area contributed by atoms with E-state index in [0.29, 0.717) is 11.7 Å². The van der Waals surface area contributed by atoms with E-state index in [4.69, 9.17) is 0 Å². The average Bonchev–Trinajstić information content (AvgIpc) is 2.34. The number of rotatable bonds is 6. The Morgan fingerprint density at radius 2 is 2.06 bits per heavy atom. The summed E-state index contributed by atoms with van der Waals surface area (Å²) in [7, 11) is 0. The molecule has 0 aliphatic rings. The molecule has 0 fully saturated rings. The van der Waals surface area contributed by atoms with Gasteiger partial charge in [0.1, 0.15) is 5.82 Å². The van der Waals surface area contributed by atoms with Gasteiger partial charge in [-0.25, -0.2) is 9.97 Å². The molecule has 1 heterocycles. The predicted molar refractivity (Wildman–Crippen MR) is 74.7 cm³/mol. The molecule has 0 bridgehead atoms. The van der Waals surface area contributed by atoms with E-state index in [2.05, 4.69) is 35.3 Å². The van der Waals surface area contributed by atoms with Crippen LogP contribution in [0.15, 0.2) is 18.9 Å². The molecular weight excluding hydrogens is 226 g/mol. The average molecular weight is 249 g/mol. The molecule has 1 N–H and O–H groups in total. The molecule has 0 atom stereocenters. The fraction of sp³-hybridized carbons (Fsp3) is 0.571. The Morgan fingerprint density at radius 1 is 1.39 bits per heavy atom. The molecule has 4 nitrogen and oxygen atoms in total. The lowest BCUT2D eigenvalue weighted by atomic mass is 10.2. The third-order valence-corrected chi connectivity index (χ3v) is 2.79. The van der Waals surface area contributed by atoms with Crippen LogP contribution in [0.25, 0.3) is 0 Å². The minimum Gasteiger partial charge on any atom is -0.390 e. The van der Waals surface area contributed by atoms with Crippen molar-refractivity contribution in [3.63, 3.8) is 0 Å². The Balaban J connectivity index is 3.17. The first-order chi connectivity index (χ1) is 8.51. The summed E-state index contributed by atoms with van der Waals surface area (Å²) >= 11 is 0. The zero-order valence-corrected chi connectivity index (χ0v) is 11.7. The largest absolute Gasteiger partial charge is 0.390 e. The van der Waals surface area contributed by atoms with Crippen molar-refractivity contribution in [3.05, 3.63) is 30.4 Å². The van der Waals surface area contributed by atoms with Gasteiger partial charge in [0.15, 0.2) is 0 Å². The SMILES string of the molecule is C=CCN(c1cnc(C(C)C)nc1CO)C(C)C. The number of hydrogen-bond donors (Lipinski definition) is 1. The molecule has 100 valence electrons. The first kappa shape index (κ1) is 14.6. The van der Waals surface area contributed by atoms with Crippen molar-refractivity contribution < 1.29 is 5.11 Å². The van der Waals surface area contributed by atoms with Gasteiger partial charge in [-0.05, 0) is 13.8 Å². The predicted octanol–water partition coefficient (Wildman–Crippen LogP) is 2.49. The molecule has 1 aromatic rings. The van der Waals surface area contributed by atoms with E-state index >= 15 is 0 Å². The van der Waals surface area contributed by atoms with E-state index in [0.717, 1.165) is 18.1 Å². The third kappa shape index (κ3) is 3.29. The summed E-state index contributed by atoms with van der Waals surface area (Å²) < 4.78 is 0. The highest BCUT2D eigenvalue weighted by atomic mass is 16.3. The third-order valence-electron chi connectivity index (χ3n) is 2.79. The lowest BCUT2D eigenvalue weighted by Crippen LogP contribution is -2.32. The second-order valence-corrected chi connectivity index (χ2v) is 4.91. The highest BCUT2D eigenvalue weighted by Gasteiger charge is 2.16. The number of hydrogen-bond acceptors (Lipinski definition) is 4. The fourth-order valence-electron chi connectivity index (χ4n) is 1.79. The van der Waals surface area contributed by atoms with Crippen molar-refractivity contribution in [2.45, 2.75) is 46.3 Å². The molecular formula is C14H23N3O. The van der Waals surface area contributed by atoms with Crippen LogP contribution in [-0.4, -0.2) is 27.7 Å². The maximum absolute atomic E-state index is 9.48. The van der Waals surface area contributed by atoms with E-state index in [1.165, 1.54) is 0 Å². The Morgan fingerprint density at radius 3 is 2.50 bits per heavy atom. The van der Waals surface area contributed by atoms with Crippen molar-refractivity contribution in [1.82, 2.24) is 9.97 Å². The van der Waals surface area contributed by atoms with Crippen molar-refractivity contribution in [2.24, 2.45) is 0 Å². The summed E-state index contributed by atoms with van der Waals surface area (Å²) in [5.41, 5.74) is 1.57. The summed E-state index contributed by atoms with van der Waals surface area (Å²) in [6, 6.07) is 0.307. The van der Waals surface area contributed by atoms with Crippen LogP contribution < -0.4 is 4.90 Å². The van der Waals surface area contributed by atoms with Crippen LogP contribution in [-0.2, 0) is 6.61 Å². The molecule has 0 aliphatic carbocycles. The molecule has 1 rings (SSSR count). The van der Waals surface area contributed by atoms with Gasteiger partial charge in [-0.1, -0.05) is 19.9 Å². The van der Waals surface area contributed by atoms with Crippen LogP contribution >= 0.6 is 0 Å². The minimum absolute atomic E-state index is 0.0715. The smallest absolute Gasteiger partial charge is 0.131 e. The van der Waals surface area contributed by atoms with Crippen LogP contribution in [0.2, 0.25) is 0 Å². The Bertz CT molecular complexity index is 402. The molecule has 4 heteroatoms. The van der Waals surface area contributed by atoms with Crippen LogP contribution in [0, 0.1) is 0 Å². The topological polar surface area (TPSA) is 49.2 Å². The summed E-state index contributed by atoms with van der Waals surface area (Å²) in [4.78, 5) is 10.9.